The fourth-order valence-electron chi connectivity index (χ4n) is 1.96. The number of alkyl halides is 3. The SMILES string of the molecule is C[C@@H](NCc1cccc(OCC(F)(F)F)n1)c1cccc(O)c1. The number of hydrogen-bond acceptors (Lipinski definition) is 4. The van der Waals surface area contributed by atoms with Gasteiger partial charge in [-0.3, -0.25) is 0 Å². The molecule has 0 saturated heterocycles. The summed E-state index contributed by atoms with van der Waals surface area (Å²) in [4.78, 5) is 4.02. The number of ether oxygens (including phenoxy) is 1. The van der Waals surface area contributed by atoms with Gasteiger partial charge in [0.25, 0.3) is 0 Å². The molecule has 0 aliphatic heterocycles. The Bertz CT molecular complexity index is 647. The Morgan fingerprint density at radius 2 is 1.96 bits per heavy atom. The molecule has 0 spiro atoms. The lowest BCUT2D eigenvalue weighted by Gasteiger charge is -2.15. The van der Waals surface area contributed by atoms with Crippen LogP contribution in [0.4, 0.5) is 13.2 Å². The zero-order chi connectivity index (χ0) is 16.9. The molecule has 0 saturated carbocycles. The highest BCUT2D eigenvalue weighted by Gasteiger charge is 2.28. The van der Waals surface area contributed by atoms with Gasteiger partial charge in [-0.25, -0.2) is 4.98 Å². The molecule has 2 aromatic rings. The van der Waals surface area contributed by atoms with Crippen LogP contribution in [0.15, 0.2) is 42.5 Å². The van der Waals surface area contributed by atoms with Crippen molar-refractivity contribution in [2.45, 2.75) is 25.7 Å². The Morgan fingerprint density at radius 3 is 2.65 bits per heavy atom. The van der Waals surface area contributed by atoms with E-state index in [2.05, 4.69) is 15.0 Å². The number of benzene rings is 1. The predicted octanol–water partition coefficient (Wildman–Crippen LogP) is 3.58. The number of nitrogens with one attached hydrogen (secondary N) is 1. The van der Waals surface area contributed by atoms with E-state index in [9.17, 15) is 18.3 Å². The minimum atomic E-state index is -4.39. The summed E-state index contributed by atoms with van der Waals surface area (Å²) >= 11 is 0. The highest BCUT2D eigenvalue weighted by atomic mass is 19.4. The normalized spacial score (nSPS) is 12.9. The first kappa shape index (κ1) is 17.1. The van der Waals surface area contributed by atoms with Gasteiger partial charge in [0.1, 0.15) is 5.75 Å². The highest BCUT2D eigenvalue weighted by Crippen LogP contribution is 2.19. The maximum absolute atomic E-state index is 12.1. The summed E-state index contributed by atoms with van der Waals surface area (Å²) in [7, 11) is 0. The van der Waals surface area contributed by atoms with E-state index >= 15 is 0 Å². The molecule has 0 aliphatic carbocycles. The number of aromatic nitrogens is 1. The largest absolute Gasteiger partial charge is 0.508 e. The van der Waals surface area contributed by atoms with Gasteiger partial charge in [-0.1, -0.05) is 18.2 Å². The summed E-state index contributed by atoms with van der Waals surface area (Å²) < 4.78 is 41.0. The van der Waals surface area contributed by atoms with Crippen molar-refractivity contribution >= 4 is 0 Å². The molecule has 2 N–H and O–H groups in total. The predicted molar refractivity (Wildman–Crippen MR) is 79.1 cm³/mol. The summed E-state index contributed by atoms with van der Waals surface area (Å²) in [6.45, 7) is 0.912. The van der Waals surface area contributed by atoms with Gasteiger partial charge in [0.15, 0.2) is 6.61 Å². The van der Waals surface area contributed by atoms with E-state index in [1.165, 1.54) is 6.07 Å². The molecule has 1 atom stereocenters. The molecule has 7 heteroatoms. The van der Waals surface area contributed by atoms with Gasteiger partial charge in [0, 0.05) is 18.7 Å². The molecule has 1 aromatic carbocycles. The standard InChI is InChI=1S/C16H17F3N2O2/c1-11(12-4-2-6-14(22)8-12)20-9-13-5-3-7-15(21-13)23-10-16(17,18)19/h2-8,11,20,22H,9-10H2,1H3/t11-/m1/s1. The Labute approximate surface area is 131 Å². The minimum Gasteiger partial charge on any atom is -0.508 e. The van der Waals surface area contributed by atoms with Crippen LogP contribution in [0.5, 0.6) is 11.6 Å². The zero-order valence-corrected chi connectivity index (χ0v) is 12.5. The molecular formula is C16H17F3N2O2. The molecule has 1 aromatic heterocycles. The maximum atomic E-state index is 12.1. The third kappa shape index (κ3) is 5.78. The third-order valence-corrected chi connectivity index (χ3v) is 3.12. The van der Waals surface area contributed by atoms with Gasteiger partial charge in [-0.15, -0.1) is 0 Å². The minimum absolute atomic E-state index is 0.0522. The van der Waals surface area contributed by atoms with Gasteiger partial charge >= 0.3 is 6.18 Å². The van der Waals surface area contributed by atoms with Gasteiger partial charge in [0.2, 0.25) is 5.88 Å². The fourth-order valence-corrected chi connectivity index (χ4v) is 1.96. The van der Waals surface area contributed by atoms with Crippen molar-refractivity contribution in [3.05, 3.63) is 53.7 Å². The van der Waals surface area contributed by atoms with Crippen molar-refractivity contribution in [2.75, 3.05) is 6.61 Å². The molecule has 1 heterocycles. The molecule has 0 unspecified atom stereocenters. The number of phenolic OH excluding ortho intramolecular Hbond substituents is 1. The van der Waals surface area contributed by atoms with Crippen LogP contribution in [0, 0.1) is 0 Å². The molecule has 23 heavy (non-hydrogen) atoms. The molecule has 0 radical (unpaired) electrons. The van der Waals surface area contributed by atoms with Gasteiger partial charge in [-0.2, -0.15) is 13.2 Å². The lowest BCUT2D eigenvalue weighted by Crippen LogP contribution is -2.21. The molecule has 0 bridgehead atoms. The van der Waals surface area contributed by atoms with Crippen LogP contribution in [0.25, 0.3) is 0 Å². The quantitative estimate of drug-likeness (QED) is 0.852. The van der Waals surface area contributed by atoms with Gasteiger partial charge in [-0.05, 0) is 30.7 Å². The molecule has 0 aliphatic rings. The number of phenols is 1. The lowest BCUT2D eigenvalue weighted by molar-refractivity contribution is -0.154. The number of halogens is 3. The first-order valence-corrected chi connectivity index (χ1v) is 7.01. The lowest BCUT2D eigenvalue weighted by atomic mass is 10.1. The first-order chi connectivity index (χ1) is 10.8. The smallest absolute Gasteiger partial charge is 0.422 e. The van der Waals surface area contributed by atoms with Gasteiger partial charge < -0.3 is 15.2 Å². The Balaban J connectivity index is 1.93. The van der Waals surface area contributed by atoms with E-state index in [1.54, 1.807) is 30.3 Å². The molecule has 0 amide bonds. The van der Waals surface area contributed by atoms with E-state index in [0.29, 0.717) is 12.2 Å². The topological polar surface area (TPSA) is 54.4 Å². The highest BCUT2D eigenvalue weighted by molar-refractivity contribution is 5.29. The van der Waals surface area contributed by atoms with Crippen molar-refractivity contribution in [1.82, 2.24) is 10.3 Å². The van der Waals surface area contributed by atoms with Crippen LogP contribution < -0.4 is 10.1 Å². The monoisotopic (exact) mass is 326 g/mol. The average Bonchev–Trinajstić information content (AvgIpc) is 2.50. The van der Waals surface area contributed by atoms with Crippen LogP contribution in [0.2, 0.25) is 0 Å². The Morgan fingerprint density at radius 1 is 1.22 bits per heavy atom. The van der Waals surface area contributed by atoms with Crippen LogP contribution in [-0.2, 0) is 6.54 Å². The molecule has 4 nitrogen and oxygen atoms in total. The second kappa shape index (κ2) is 7.32. The molecular weight excluding hydrogens is 309 g/mol. The van der Waals surface area contributed by atoms with Crippen LogP contribution in [-0.4, -0.2) is 22.9 Å². The molecule has 2 rings (SSSR count). The molecule has 0 fully saturated rings. The third-order valence-electron chi connectivity index (χ3n) is 3.12. The Kier molecular flexibility index (Phi) is 5.44. The summed E-state index contributed by atoms with van der Waals surface area (Å²) in [5.74, 6) is 0.114. The van der Waals surface area contributed by atoms with Crippen molar-refractivity contribution in [2.24, 2.45) is 0 Å². The van der Waals surface area contributed by atoms with Crippen molar-refractivity contribution < 1.29 is 23.0 Å². The van der Waals surface area contributed by atoms with Crippen LogP contribution >= 0.6 is 0 Å². The number of pyridine rings is 1. The van der Waals surface area contributed by atoms with Crippen molar-refractivity contribution in [3.8, 4) is 11.6 Å². The first-order valence-electron chi connectivity index (χ1n) is 7.01. The number of nitrogens with zero attached hydrogens (tertiary/aromatic N) is 1. The van der Waals surface area contributed by atoms with Crippen LogP contribution in [0.3, 0.4) is 0 Å². The van der Waals surface area contributed by atoms with E-state index in [4.69, 9.17) is 0 Å². The van der Waals surface area contributed by atoms with E-state index in [-0.39, 0.29) is 17.7 Å². The second-order valence-corrected chi connectivity index (χ2v) is 5.07. The summed E-state index contributed by atoms with van der Waals surface area (Å²) in [6.07, 6.45) is -4.39. The Hall–Kier alpha value is -2.28. The summed E-state index contributed by atoms with van der Waals surface area (Å²) in [5, 5.41) is 12.7. The van der Waals surface area contributed by atoms with Crippen molar-refractivity contribution in [3.63, 3.8) is 0 Å². The summed E-state index contributed by atoms with van der Waals surface area (Å²) in [5.41, 5.74) is 1.46. The molecule has 124 valence electrons. The summed E-state index contributed by atoms with van der Waals surface area (Å²) in [6, 6.07) is 11.5. The van der Waals surface area contributed by atoms with Gasteiger partial charge in [0.05, 0.1) is 5.69 Å². The second-order valence-electron chi connectivity index (χ2n) is 5.07. The van der Waals surface area contributed by atoms with Crippen LogP contribution in [0.1, 0.15) is 24.2 Å². The number of aromatic hydroxyl groups is 1. The zero-order valence-electron chi connectivity index (χ0n) is 12.5. The maximum Gasteiger partial charge on any atom is 0.422 e. The van der Waals surface area contributed by atoms with E-state index in [0.717, 1.165) is 5.56 Å². The number of hydrogen-bond donors (Lipinski definition) is 2. The van der Waals surface area contributed by atoms with E-state index in [1.807, 2.05) is 13.0 Å². The average molecular weight is 326 g/mol. The fraction of sp³-hybridized carbons (Fsp3) is 0.312. The van der Waals surface area contributed by atoms with E-state index < -0.39 is 12.8 Å². The number of rotatable bonds is 6. The van der Waals surface area contributed by atoms with Crippen molar-refractivity contribution in [1.29, 1.82) is 0 Å².